The van der Waals surface area contributed by atoms with Gasteiger partial charge in [0.15, 0.2) is 16.5 Å². The van der Waals surface area contributed by atoms with Crippen LogP contribution >= 0.6 is 0 Å². The van der Waals surface area contributed by atoms with E-state index in [0.717, 1.165) is 39.7 Å². The number of hydrogen-bond acceptors (Lipinski definition) is 2. The summed E-state index contributed by atoms with van der Waals surface area (Å²) in [6.07, 6.45) is 0. The molecule has 166 valence electrons. The number of benzene rings is 2. The highest BCUT2D eigenvalue weighted by Crippen LogP contribution is 2.36. The highest BCUT2D eigenvalue weighted by Gasteiger charge is 2.30. The van der Waals surface area contributed by atoms with E-state index >= 15 is 0 Å². The Morgan fingerprint density at radius 1 is 0.742 bits per heavy atom. The second-order valence-electron chi connectivity index (χ2n) is 10.2. The van der Waals surface area contributed by atoms with E-state index in [1.165, 1.54) is 0 Å². The van der Waals surface area contributed by atoms with Gasteiger partial charge in [0.25, 0.3) is 0 Å². The molecule has 0 saturated heterocycles. The molecule has 3 rings (SSSR count). The number of carbonyl (C=O) groups is 2. The summed E-state index contributed by atoms with van der Waals surface area (Å²) in [5.74, 6) is 0.167. The molecule has 0 aliphatic rings. The van der Waals surface area contributed by atoms with Crippen molar-refractivity contribution in [2.45, 2.75) is 66.6 Å². The molecule has 0 aliphatic carbocycles. The Hall–Kier alpha value is -2.39. The van der Waals surface area contributed by atoms with Crippen LogP contribution in [0.2, 0.25) is 39.3 Å². The number of anilines is 2. The zero-order valence-corrected chi connectivity index (χ0v) is 22.3. The summed E-state index contributed by atoms with van der Waals surface area (Å²) in [6, 6.07) is 12.7. The number of hydrogen-bond donors (Lipinski definition) is 0. The van der Waals surface area contributed by atoms with Crippen molar-refractivity contribution in [1.82, 2.24) is 4.57 Å². The van der Waals surface area contributed by atoms with E-state index in [2.05, 4.69) is 87.2 Å². The average Bonchev–Trinajstić information content (AvgIpc) is 2.91. The molecule has 5 nitrogen and oxygen atoms in total. The molecule has 0 fully saturated rings. The van der Waals surface area contributed by atoms with Gasteiger partial charge in [0.1, 0.15) is 0 Å². The molecule has 1 heterocycles. The fourth-order valence-corrected chi connectivity index (χ4v) is 8.50. The molecule has 1 aromatic heterocycles. The first kappa shape index (κ1) is 23.3. The van der Waals surface area contributed by atoms with Crippen LogP contribution in [-0.4, -0.2) is 32.9 Å². The maximum Gasteiger partial charge on any atom is 0.215 e. The third-order valence-electron chi connectivity index (χ3n) is 5.64. The lowest BCUT2D eigenvalue weighted by Crippen LogP contribution is -2.49. The molecule has 0 N–H and O–H groups in total. The van der Waals surface area contributed by atoms with Crippen molar-refractivity contribution in [3.05, 3.63) is 36.4 Å². The van der Waals surface area contributed by atoms with Crippen LogP contribution in [0.25, 0.3) is 21.8 Å². The second kappa shape index (κ2) is 7.95. The SMILES string of the molecule is CCn1c2ccc(N(C(C)=O)[Si](C)(C)C)cc2c2cc(N(C(C)=O)[Si](C)(C)C)ccc21. The predicted octanol–water partition coefficient (Wildman–Crippen LogP) is 6.19. The number of carbonyl (C=O) groups excluding carboxylic acids is 2. The van der Waals surface area contributed by atoms with E-state index in [0.29, 0.717) is 0 Å². The maximum absolute atomic E-state index is 12.5. The molecule has 0 aliphatic heterocycles. The smallest absolute Gasteiger partial charge is 0.215 e. The molecule has 3 aromatic rings. The van der Waals surface area contributed by atoms with Crippen LogP contribution in [0.15, 0.2) is 36.4 Å². The lowest BCUT2D eigenvalue weighted by Gasteiger charge is -2.33. The van der Waals surface area contributed by atoms with Gasteiger partial charge >= 0.3 is 0 Å². The number of nitrogens with zero attached hydrogens (tertiary/aromatic N) is 3. The van der Waals surface area contributed by atoms with Gasteiger partial charge in [-0.3, -0.25) is 9.59 Å². The van der Waals surface area contributed by atoms with Gasteiger partial charge in [-0.15, -0.1) is 0 Å². The minimum Gasteiger partial charge on any atom is -0.341 e. The Balaban J connectivity index is 2.33. The molecule has 2 aromatic carbocycles. The maximum atomic E-state index is 12.5. The first-order valence-corrected chi connectivity index (χ1v) is 17.8. The van der Waals surface area contributed by atoms with Gasteiger partial charge in [0.05, 0.1) is 0 Å². The van der Waals surface area contributed by atoms with Crippen LogP contribution in [0.5, 0.6) is 0 Å². The Bertz CT molecular complexity index is 1080. The summed E-state index contributed by atoms with van der Waals surface area (Å²) in [6.45, 7) is 19.4. The van der Waals surface area contributed by atoms with E-state index < -0.39 is 16.5 Å². The van der Waals surface area contributed by atoms with Crippen molar-refractivity contribution in [2.24, 2.45) is 0 Å². The fourth-order valence-electron chi connectivity index (χ4n) is 4.78. The Morgan fingerprint density at radius 2 is 1.10 bits per heavy atom. The van der Waals surface area contributed by atoms with Crippen LogP contribution in [0.1, 0.15) is 20.8 Å². The number of aryl methyl sites for hydroxylation is 1. The van der Waals surface area contributed by atoms with E-state index in [9.17, 15) is 9.59 Å². The van der Waals surface area contributed by atoms with Gasteiger partial charge in [-0.1, -0.05) is 39.3 Å². The summed E-state index contributed by atoms with van der Waals surface area (Å²) in [7, 11) is -3.77. The summed E-state index contributed by atoms with van der Waals surface area (Å²) in [5.41, 5.74) is 4.21. The Kier molecular flexibility index (Phi) is 5.97. The van der Waals surface area contributed by atoms with E-state index in [1.54, 1.807) is 13.8 Å². The first-order valence-electron chi connectivity index (χ1n) is 10.9. The predicted molar refractivity (Wildman–Crippen MR) is 138 cm³/mol. The number of aromatic nitrogens is 1. The molecule has 0 atom stereocenters. The minimum atomic E-state index is -1.89. The first-order chi connectivity index (χ1) is 14.3. The molecule has 31 heavy (non-hydrogen) atoms. The van der Waals surface area contributed by atoms with Crippen molar-refractivity contribution in [3.8, 4) is 0 Å². The quantitative estimate of drug-likeness (QED) is 0.432. The summed E-state index contributed by atoms with van der Waals surface area (Å²) < 4.78 is 6.27. The van der Waals surface area contributed by atoms with Gasteiger partial charge in [-0.2, -0.15) is 0 Å². The second-order valence-corrected chi connectivity index (χ2v) is 19.8. The van der Waals surface area contributed by atoms with Crippen LogP contribution < -0.4 is 9.13 Å². The zero-order chi connectivity index (χ0) is 23.3. The lowest BCUT2D eigenvalue weighted by atomic mass is 10.1. The van der Waals surface area contributed by atoms with Crippen LogP contribution in [0.3, 0.4) is 0 Å². The zero-order valence-electron chi connectivity index (χ0n) is 20.3. The van der Waals surface area contributed by atoms with Gasteiger partial charge in [0.2, 0.25) is 11.8 Å². The third-order valence-corrected chi connectivity index (χ3v) is 9.47. The van der Waals surface area contributed by atoms with Gasteiger partial charge in [-0.05, 0) is 43.3 Å². The summed E-state index contributed by atoms with van der Waals surface area (Å²) in [5, 5.41) is 2.25. The van der Waals surface area contributed by atoms with Crippen molar-refractivity contribution < 1.29 is 9.59 Å². The van der Waals surface area contributed by atoms with Gasteiger partial charge in [0, 0.05) is 53.6 Å². The van der Waals surface area contributed by atoms with E-state index in [-0.39, 0.29) is 11.8 Å². The molecule has 0 bridgehead atoms. The Morgan fingerprint density at radius 3 is 1.35 bits per heavy atom. The van der Waals surface area contributed by atoms with Crippen molar-refractivity contribution in [1.29, 1.82) is 0 Å². The molecule has 2 amide bonds. The van der Waals surface area contributed by atoms with Gasteiger partial charge < -0.3 is 13.7 Å². The fraction of sp³-hybridized carbons (Fsp3) is 0.417. The molecule has 7 heteroatoms. The monoisotopic (exact) mass is 453 g/mol. The van der Waals surface area contributed by atoms with Crippen LogP contribution in [0, 0.1) is 0 Å². The van der Waals surface area contributed by atoms with Crippen LogP contribution in [-0.2, 0) is 16.1 Å². The van der Waals surface area contributed by atoms with E-state index in [1.807, 2.05) is 9.13 Å². The number of fused-ring (bicyclic) bond motifs is 3. The normalized spacial score (nSPS) is 12.4. The molecule has 0 unspecified atom stereocenters. The van der Waals surface area contributed by atoms with Crippen molar-refractivity contribution in [3.63, 3.8) is 0 Å². The molecule has 0 saturated carbocycles. The highest BCUT2D eigenvalue weighted by atomic mass is 28.3. The molecular formula is C24H35N3O2Si2. The standard InChI is InChI=1S/C24H35N3O2Si2/c1-10-25-23-13-11-19(26(17(2)28)30(4,5)6)15-21(23)22-16-20(12-14-24(22)25)27(18(3)29)31(7,8)9/h11-16H,10H2,1-9H3. The van der Waals surface area contributed by atoms with Crippen molar-refractivity contribution >= 4 is 61.5 Å². The number of amides is 2. The average molecular weight is 454 g/mol. The molecular weight excluding hydrogens is 418 g/mol. The van der Waals surface area contributed by atoms with Gasteiger partial charge in [-0.25, -0.2) is 0 Å². The van der Waals surface area contributed by atoms with Crippen LogP contribution in [0.4, 0.5) is 11.4 Å². The summed E-state index contributed by atoms with van der Waals surface area (Å²) in [4.78, 5) is 25.0. The largest absolute Gasteiger partial charge is 0.341 e. The topological polar surface area (TPSA) is 45.6 Å². The third kappa shape index (κ3) is 4.21. The number of rotatable bonds is 5. The highest BCUT2D eigenvalue weighted by molar-refractivity contribution is 6.83. The lowest BCUT2D eigenvalue weighted by molar-refractivity contribution is -0.116. The summed E-state index contributed by atoms with van der Waals surface area (Å²) >= 11 is 0. The molecule has 0 spiro atoms. The Labute approximate surface area is 187 Å². The van der Waals surface area contributed by atoms with Crippen molar-refractivity contribution in [2.75, 3.05) is 9.13 Å². The van der Waals surface area contributed by atoms with E-state index in [4.69, 9.17) is 0 Å². The molecule has 0 radical (unpaired) electrons. The minimum absolute atomic E-state index is 0.0833.